The SMILES string of the molecule is C1CCOC1.CC#N.FC(F)(F)c1cc[n-]n1.FC(F)(F)c1cc[n-]n1.FC(F)(F)c1cc[n-]n1.FC(F)(F)c1cn[n-]c1.FC(F)(F)c1cn[nH]c1.[Cl][Pt][Cl].[K+].[K+].[K+].[OH-].[Pt+2].c1ccc(-c2ccccn2)nc1.c1ccc(-c2ccccn2)nc1. The van der Waals surface area contributed by atoms with Gasteiger partial charge in [-0.25, -0.2) is 0 Å². The van der Waals surface area contributed by atoms with Crippen molar-refractivity contribution in [3.63, 3.8) is 0 Å². The molecule has 10 rings (SSSR count). The molecule has 0 bridgehead atoms. The summed E-state index contributed by atoms with van der Waals surface area (Å²) in [6.45, 7) is 3.43. The molecule has 0 amide bonds. The average molecular weight is 1700 g/mol. The summed E-state index contributed by atoms with van der Waals surface area (Å²) in [5.41, 5.74) is -0.718. The van der Waals surface area contributed by atoms with Gasteiger partial charge in [-0.2, -0.15) is 94.8 Å². The summed E-state index contributed by atoms with van der Waals surface area (Å²) in [7, 11) is 9.75. The van der Waals surface area contributed by atoms with Crippen LogP contribution in [0.3, 0.4) is 0 Å². The van der Waals surface area contributed by atoms with Crippen molar-refractivity contribution in [1.29, 1.82) is 5.26 Å². The molecule has 39 heteroatoms. The van der Waals surface area contributed by atoms with Crippen LogP contribution < -0.4 is 175 Å². The Hall–Kier alpha value is -2.12. The van der Waals surface area contributed by atoms with E-state index in [2.05, 4.69) is 70.9 Å². The van der Waals surface area contributed by atoms with Crippen molar-refractivity contribution >= 4 is 18.8 Å². The molecular formula is C46H39Cl2F15K3N15O2Pt2. The Morgan fingerprint density at radius 2 is 0.812 bits per heavy atom. The molecule has 17 nitrogen and oxygen atoms in total. The van der Waals surface area contributed by atoms with E-state index >= 15 is 0 Å². The van der Waals surface area contributed by atoms with Crippen LogP contribution in [0.15, 0.2) is 159 Å². The predicted molar refractivity (Wildman–Crippen MR) is 254 cm³/mol. The van der Waals surface area contributed by atoms with Crippen molar-refractivity contribution in [2.24, 2.45) is 0 Å². The van der Waals surface area contributed by atoms with Gasteiger partial charge in [0.05, 0.1) is 46.2 Å². The van der Waals surface area contributed by atoms with Crippen LogP contribution in [0.1, 0.15) is 48.0 Å². The number of alkyl halides is 15. The fraction of sp³-hybridized carbons (Fsp3) is 0.217. The molecule has 1 aliphatic rings. The molecule has 1 aliphatic heterocycles. The van der Waals surface area contributed by atoms with Gasteiger partial charge in [0.1, 0.15) is 17.1 Å². The number of hydrogen-bond donors (Lipinski definition) is 1. The Kier molecular flexibility index (Phi) is 55.6. The molecule has 452 valence electrons. The van der Waals surface area contributed by atoms with E-state index < -0.39 is 75.6 Å². The van der Waals surface area contributed by atoms with E-state index in [0.29, 0.717) is 12.4 Å². The summed E-state index contributed by atoms with van der Waals surface area (Å²) in [5, 5.41) is 36.1. The van der Waals surface area contributed by atoms with Gasteiger partial charge in [0.25, 0.3) is 0 Å². The van der Waals surface area contributed by atoms with Gasteiger partial charge in [0.2, 0.25) is 0 Å². The second-order valence-corrected chi connectivity index (χ2v) is 16.9. The van der Waals surface area contributed by atoms with E-state index in [4.69, 9.17) is 28.8 Å². The standard InChI is InChI=1S/2C10H8N2.C4H3F3N2.4C4H2F3N2.C4H8O.C2H3N.2ClH.3K.H2O.2Pt/c2*1-3-7-11-9(5-1)10-6-2-4-8-12-10;2*5-4(6,7)3-1-8-9-2-3;3*5-4(6,7)3-1-2-8-9-3;1-2-4-5-3-1;1-2-3;;;;;;;;/h2*1-8H;1-2H,(H,8,9);4*1-2H;1-4H2;1H3;2*1H;;;;1H2;;/q;;;4*-1;;;;;3*+1;;2*+2/p-3. The summed E-state index contributed by atoms with van der Waals surface area (Å²) in [4.78, 5) is 16.7. The van der Waals surface area contributed by atoms with Crippen molar-refractivity contribution in [2.75, 3.05) is 13.2 Å². The summed E-state index contributed by atoms with van der Waals surface area (Å²) < 4.78 is 178. The maximum absolute atomic E-state index is 11.6. The number of halogens is 17. The van der Waals surface area contributed by atoms with Crippen LogP contribution >= 0.6 is 18.8 Å². The number of nitrogens with one attached hydrogen (secondary N) is 1. The summed E-state index contributed by atoms with van der Waals surface area (Å²) in [6.07, 6.45) is -6.09. The number of aromatic nitrogens is 14. The van der Waals surface area contributed by atoms with Crippen LogP contribution in [-0.2, 0) is 73.2 Å². The first-order valence-electron chi connectivity index (χ1n) is 21.3. The molecule has 1 fully saturated rings. The van der Waals surface area contributed by atoms with Crippen LogP contribution in [-0.4, -0.2) is 69.2 Å². The van der Waals surface area contributed by atoms with E-state index in [1.165, 1.54) is 19.8 Å². The minimum atomic E-state index is -4.35. The first-order chi connectivity index (χ1) is 37.8. The van der Waals surface area contributed by atoms with Crippen LogP contribution in [0, 0.1) is 11.3 Å². The number of rotatable bonds is 2. The number of aromatic amines is 1. The fourth-order valence-corrected chi connectivity index (χ4v) is 4.50. The van der Waals surface area contributed by atoms with E-state index in [-0.39, 0.29) is 181 Å². The van der Waals surface area contributed by atoms with Crippen molar-refractivity contribution in [3.8, 4) is 28.8 Å². The molecular weight excluding hydrogens is 1660 g/mol. The zero-order valence-electron chi connectivity index (χ0n) is 44.0. The molecule has 0 aliphatic carbocycles. The van der Waals surface area contributed by atoms with Gasteiger partial charge in [0, 0.05) is 57.3 Å². The number of pyridine rings is 4. The smallest absolute Gasteiger partial charge is 0.870 e. The first-order valence-corrected chi connectivity index (χ1v) is 26.9. The number of hydrogen-bond acceptors (Lipinski definition) is 12. The van der Waals surface area contributed by atoms with Gasteiger partial charge in [-0.3, -0.25) is 25.0 Å². The fourth-order valence-electron chi connectivity index (χ4n) is 4.50. The second kappa shape index (κ2) is 51.6. The summed E-state index contributed by atoms with van der Waals surface area (Å²) in [6, 6.07) is 27.4. The molecule has 0 radical (unpaired) electrons. The van der Waals surface area contributed by atoms with Gasteiger partial charge >= 0.3 is 241 Å². The third kappa shape index (κ3) is 44.9. The van der Waals surface area contributed by atoms with E-state index in [1.807, 2.05) is 72.8 Å². The topological polar surface area (TPSA) is 251 Å². The third-order valence-electron chi connectivity index (χ3n) is 7.89. The van der Waals surface area contributed by atoms with Crippen molar-refractivity contribution in [3.05, 3.63) is 187 Å². The van der Waals surface area contributed by atoms with Crippen LogP contribution in [0.2, 0.25) is 0 Å². The minimum Gasteiger partial charge on any atom is -0.870 e. The quantitative estimate of drug-likeness (QED) is 0.192. The average Bonchev–Trinajstić information content (AvgIpc) is 4.31. The Bertz CT molecular complexity index is 2460. The van der Waals surface area contributed by atoms with Crippen molar-refractivity contribution < 1.29 is 268 Å². The van der Waals surface area contributed by atoms with E-state index in [0.717, 1.165) is 85.2 Å². The van der Waals surface area contributed by atoms with Crippen LogP contribution in [0.4, 0.5) is 65.9 Å². The molecule has 0 atom stereocenters. The number of nitriles is 1. The summed E-state index contributed by atoms with van der Waals surface area (Å²) >= 11 is -0.472. The predicted octanol–water partition coefficient (Wildman–Crippen LogP) is 3.48. The monoisotopic (exact) mass is 1700 g/mol. The van der Waals surface area contributed by atoms with Crippen molar-refractivity contribution in [1.82, 2.24) is 70.9 Å². The Balaban J connectivity index is -0.000000283. The Morgan fingerprint density at radius 1 is 0.506 bits per heavy atom. The number of ether oxygens (including phenoxy) is 1. The van der Waals surface area contributed by atoms with Gasteiger partial charge in [-0.05, 0) is 61.4 Å². The summed E-state index contributed by atoms with van der Waals surface area (Å²) in [5.74, 6) is 0. The molecule has 0 aromatic carbocycles. The van der Waals surface area contributed by atoms with Crippen LogP contribution in [0.5, 0.6) is 0 Å². The molecule has 85 heavy (non-hydrogen) atoms. The third-order valence-corrected chi connectivity index (χ3v) is 7.89. The second-order valence-electron chi connectivity index (χ2n) is 13.6. The zero-order chi connectivity index (χ0) is 59.9. The van der Waals surface area contributed by atoms with E-state index in [9.17, 15) is 65.9 Å². The van der Waals surface area contributed by atoms with Gasteiger partial charge in [-0.15, -0.1) is 6.20 Å². The molecule has 2 N–H and O–H groups in total. The molecule has 1 saturated heterocycles. The Morgan fingerprint density at radius 3 is 0.941 bits per heavy atom. The Labute approximate surface area is 633 Å². The molecule has 0 saturated carbocycles. The molecule has 0 unspecified atom stereocenters. The van der Waals surface area contributed by atoms with Gasteiger partial charge in [0.15, 0.2) is 0 Å². The van der Waals surface area contributed by atoms with Crippen LogP contribution in [0.25, 0.3) is 22.8 Å². The number of H-pyrrole nitrogens is 1. The number of nitrogens with zero attached hydrogens (tertiary/aromatic N) is 14. The van der Waals surface area contributed by atoms with E-state index in [1.54, 1.807) is 30.9 Å². The van der Waals surface area contributed by atoms with Gasteiger partial charge in [-0.1, -0.05) is 42.5 Å². The van der Waals surface area contributed by atoms with Gasteiger partial charge < -0.3 is 51.0 Å². The first kappa shape index (κ1) is 91.6. The maximum atomic E-state index is 11.6. The molecule has 0 spiro atoms. The molecule has 9 aromatic heterocycles. The normalized spacial score (nSPS) is 10.8. The largest absolute Gasteiger partial charge is 2.00 e. The minimum absolute atomic E-state index is 0. The molecule has 10 heterocycles. The maximum Gasteiger partial charge on any atom is 2.00 e. The molecule has 9 aromatic rings. The van der Waals surface area contributed by atoms with Crippen molar-refractivity contribution in [2.45, 2.75) is 50.6 Å². The zero-order valence-corrected chi connectivity index (χ0v) is 59.4.